The monoisotopic (exact) mass is 364 g/mol. The molecule has 140 valence electrons. The molecule has 0 aromatic carbocycles. The number of amides is 1. The summed E-state index contributed by atoms with van der Waals surface area (Å²) in [4.78, 5) is 35.6. The lowest BCUT2D eigenvalue weighted by atomic mass is 10.1. The number of nitrogens with zero attached hydrogens (tertiary/aromatic N) is 3. The molecule has 0 bridgehead atoms. The number of nitrogens with one attached hydrogen (secondary N) is 1. The molecule has 0 unspecified atom stereocenters. The van der Waals surface area contributed by atoms with Gasteiger partial charge in [0.25, 0.3) is 5.56 Å². The summed E-state index contributed by atoms with van der Waals surface area (Å²) in [5, 5.41) is 0. The molecular formula is C21H24N4O2. The molecule has 6 heteroatoms. The Morgan fingerprint density at radius 1 is 1.30 bits per heavy atom. The van der Waals surface area contributed by atoms with Crippen LogP contribution < -0.4 is 10.5 Å². The van der Waals surface area contributed by atoms with Crippen molar-refractivity contribution in [3.63, 3.8) is 0 Å². The molecule has 0 radical (unpaired) electrons. The first-order valence-corrected chi connectivity index (χ1v) is 9.47. The summed E-state index contributed by atoms with van der Waals surface area (Å²) in [6, 6.07) is 5.99. The van der Waals surface area contributed by atoms with E-state index < -0.39 is 0 Å². The quantitative estimate of drug-likeness (QED) is 0.800. The largest absolute Gasteiger partial charge is 0.362 e. The fourth-order valence-electron chi connectivity index (χ4n) is 3.74. The minimum absolute atomic E-state index is 0.0386. The molecule has 2 fully saturated rings. The van der Waals surface area contributed by atoms with Gasteiger partial charge >= 0.3 is 0 Å². The van der Waals surface area contributed by atoms with Crippen LogP contribution in [0.2, 0.25) is 0 Å². The third-order valence-electron chi connectivity index (χ3n) is 5.45. The molecular weight excluding hydrogens is 340 g/mol. The van der Waals surface area contributed by atoms with Crippen molar-refractivity contribution >= 4 is 11.6 Å². The molecule has 1 atom stereocenters. The molecule has 1 aliphatic carbocycles. The third kappa shape index (κ3) is 3.79. The van der Waals surface area contributed by atoms with Crippen LogP contribution in [0, 0.1) is 5.92 Å². The van der Waals surface area contributed by atoms with Gasteiger partial charge in [-0.2, -0.15) is 0 Å². The summed E-state index contributed by atoms with van der Waals surface area (Å²) in [6.07, 6.45) is 9.89. The lowest BCUT2D eigenvalue weighted by Gasteiger charge is -2.31. The van der Waals surface area contributed by atoms with Crippen molar-refractivity contribution < 1.29 is 4.79 Å². The van der Waals surface area contributed by atoms with Gasteiger partial charge in [-0.1, -0.05) is 6.58 Å². The highest BCUT2D eigenvalue weighted by molar-refractivity contribution is 5.87. The molecule has 1 amide bonds. The molecule has 6 nitrogen and oxygen atoms in total. The molecule has 2 aromatic heterocycles. The molecule has 2 aliphatic rings. The van der Waals surface area contributed by atoms with Crippen LogP contribution in [0.15, 0.2) is 54.2 Å². The van der Waals surface area contributed by atoms with Gasteiger partial charge in [0.1, 0.15) is 5.69 Å². The molecule has 4 rings (SSSR count). The number of likely N-dealkylation sites (tertiary alicyclic amines) is 1. The van der Waals surface area contributed by atoms with E-state index in [0.717, 1.165) is 24.1 Å². The van der Waals surface area contributed by atoms with Crippen LogP contribution in [0.1, 0.15) is 19.3 Å². The third-order valence-corrected chi connectivity index (χ3v) is 5.45. The number of anilines is 1. The zero-order chi connectivity index (χ0) is 18.8. The number of carbonyl (C=O) groups is 1. The molecule has 2 aromatic rings. The van der Waals surface area contributed by atoms with Gasteiger partial charge in [0.05, 0.1) is 0 Å². The Hall–Kier alpha value is -2.89. The van der Waals surface area contributed by atoms with E-state index in [0.29, 0.717) is 24.7 Å². The van der Waals surface area contributed by atoms with Gasteiger partial charge in [-0.25, -0.2) is 0 Å². The first-order valence-electron chi connectivity index (χ1n) is 9.47. The molecule has 27 heavy (non-hydrogen) atoms. The minimum atomic E-state index is -0.0815. The highest BCUT2D eigenvalue weighted by Crippen LogP contribution is 2.33. The van der Waals surface area contributed by atoms with E-state index in [1.807, 2.05) is 23.1 Å². The van der Waals surface area contributed by atoms with Crippen LogP contribution in [0.4, 0.5) is 5.69 Å². The Bertz CT molecular complexity index is 889. The van der Waals surface area contributed by atoms with E-state index in [1.54, 1.807) is 18.6 Å². The Labute approximate surface area is 158 Å². The second-order valence-corrected chi connectivity index (χ2v) is 7.37. The van der Waals surface area contributed by atoms with E-state index in [1.165, 1.54) is 18.9 Å². The number of rotatable bonds is 6. The van der Waals surface area contributed by atoms with E-state index >= 15 is 0 Å². The molecule has 1 N–H and O–H groups in total. The Morgan fingerprint density at radius 3 is 2.78 bits per heavy atom. The number of pyridine rings is 2. The van der Waals surface area contributed by atoms with Crippen LogP contribution >= 0.6 is 0 Å². The average molecular weight is 364 g/mol. The Morgan fingerprint density at radius 2 is 2.07 bits per heavy atom. The maximum Gasteiger partial charge on any atom is 0.271 e. The highest BCUT2D eigenvalue weighted by Gasteiger charge is 2.34. The zero-order valence-corrected chi connectivity index (χ0v) is 15.3. The summed E-state index contributed by atoms with van der Waals surface area (Å²) >= 11 is 0. The summed E-state index contributed by atoms with van der Waals surface area (Å²) in [5.41, 5.74) is 2.59. The van der Waals surface area contributed by atoms with Gasteiger partial charge < -0.3 is 14.8 Å². The van der Waals surface area contributed by atoms with Gasteiger partial charge in [0.2, 0.25) is 5.91 Å². The van der Waals surface area contributed by atoms with Crippen molar-refractivity contribution in [2.24, 2.45) is 5.92 Å². The fourth-order valence-corrected chi connectivity index (χ4v) is 3.74. The van der Waals surface area contributed by atoms with Crippen molar-refractivity contribution in [1.82, 2.24) is 14.9 Å². The lowest BCUT2D eigenvalue weighted by Crippen LogP contribution is -2.42. The molecule has 1 aliphatic heterocycles. The van der Waals surface area contributed by atoms with Gasteiger partial charge in [0.15, 0.2) is 0 Å². The predicted octanol–water partition coefficient (Wildman–Crippen LogP) is 2.44. The van der Waals surface area contributed by atoms with Crippen molar-refractivity contribution in [2.75, 3.05) is 24.5 Å². The smallest absolute Gasteiger partial charge is 0.271 e. The Balaban J connectivity index is 1.65. The summed E-state index contributed by atoms with van der Waals surface area (Å²) in [6.45, 7) is 5.79. The maximum atomic E-state index is 12.7. The normalized spacial score (nSPS) is 19.1. The number of hydrogen-bond acceptors (Lipinski definition) is 4. The zero-order valence-electron chi connectivity index (χ0n) is 15.3. The van der Waals surface area contributed by atoms with Gasteiger partial charge in [0, 0.05) is 49.8 Å². The maximum absolute atomic E-state index is 12.7. The second-order valence-electron chi connectivity index (χ2n) is 7.37. The average Bonchev–Trinajstić information content (AvgIpc) is 3.40. The van der Waals surface area contributed by atoms with E-state index in [9.17, 15) is 9.59 Å². The van der Waals surface area contributed by atoms with Crippen molar-refractivity contribution in [3.05, 3.63) is 59.8 Å². The highest BCUT2D eigenvalue weighted by atomic mass is 16.2. The topological polar surface area (TPSA) is 69.3 Å². The van der Waals surface area contributed by atoms with Gasteiger partial charge in [-0.05, 0) is 55.0 Å². The second kappa shape index (κ2) is 7.39. The number of aromatic amines is 1. The molecule has 1 saturated heterocycles. The van der Waals surface area contributed by atoms with Crippen molar-refractivity contribution in [1.29, 1.82) is 0 Å². The number of H-pyrrole nitrogens is 1. The predicted molar refractivity (Wildman–Crippen MR) is 106 cm³/mol. The van der Waals surface area contributed by atoms with E-state index in [2.05, 4.69) is 21.4 Å². The van der Waals surface area contributed by atoms with Crippen LogP contribution in [0.3, 0.4) is 0 Å². The molecule has 3 heterocycles. The van der Waals surface area contributed by atoms with Crippen LogP contribution in [0.25, 0.3) is 11.1 Å². The van der Waals surface area contributed by atoms with Crippen molar-refractivity contribution in [3.8, 4) is 11.1 Å². The Kier molecular flexibility index (Phi) is 4.79. The number of hydrogen-bond donors (Lipinski definition) is 1. The number of aromatic nitrogens is 2. The minimum Gasteiger partial charge on any atom is -0.362 e. The molecule has 0 spiro atoms. The van der Waals surface area contributed by atoms with Crippen LogP contribution in [0.5, 0.6) is 0 Å². The van der Waals surface area contributed by atoms with Crippen LogP contribution in [-0.2, 0) is 4.79 Å². The first kappa shape index (κ1) is 17.5. The van der Waals surface area contributed by atoms with Gasteiger partial charge in [-0.15, -0.1) is 0 Å². The summed E-state index contributed by atoms with van der Waals surface area (Å²) in [5.74, 6) is 0.599. The van der Waals surface area contributed by atoms with Crippen LogP contribution in [-0.4, -0.2) is 46.5 Å². The van der Waals surface area contributed by atoms with Crippen molar-refractivity contribution in [2.45, 2.75) is 25.3 Å². The lowest BCUT2D eigenvalue weighted by molar-refractivity contribution is -0.125. The molecule has 1 saturated carbocycles. The SMILES string of the molecule is C=CC(=O)N1CC[C@@H](N(CC2CC2)c2cc(-c3ccncc3)c[nH]c2=O)C1. The van der Waals surface area contributed by atoms with Gasteiger partial charge in [-0.3, -0.25) is 14.6 Å². The standard InChI is InChI=1S/C21H24N4O2/c1-2-20(26)24-10-7-18(14-24)25(13-15-3-4-15)19-11-17(12-23-21(19)27)16-5-8-22-9-6-16/h2,5-6,8-9,11-12,15,18H,1,3-4,7,10,13-14H2,(H,23,27)/t18-/m1/s1. The summed E-state index contributed by atoms with van der Waals surface area (Å²) in [7, 11) is 0. The summed E-state index contributed by atoms with van der Waals surface area (Å²) < 4.78 is 0. The first-order chi connectivity index (χ1) is 13.2. The van der Waals surface area contributed by atoms with E-state index in [4.69, 9.17) is 0 Å². The number of carbonyl (C=O) groups excluding carboxylic acids is 1. The fraction of sp³-hybridized carbons (Fsp3) is 0.381. The van der Waals surface area contributed by atoms with E-state index in [-0.39, 0.29) is 17.5 Å².